The number of nitrogens with zero attached hydrogens (tertiary/aromatic N) is 2. The molecule has 3 aromatic carbocycles. The number of carbonyl (C=O) groups excluding carboxylic acids is 2. The summed E-state index contributed by atoms with van der Waals surface area (Å²) in [5.74, 6) is -0.488. The molecule has 0 bridgehead atoms. The number of fused-ring (bicyclic) bond motifs is 1. The van der Waals surface area contributed by atoms with Gasteiger partial charge in [0.05, 0.1) is 11.5 Å². The molecule has 30 heavy (non-hydrogen) atoms. The molecule has 0 unspecified atom stereocenters. The molecular weight excluding hydrogens is 382 g/mol. The monoisotopic (exact) mass is 401 g/mol. The summed E-state index contributed by atoms with van der Waals surface area (Å²) >= 11 is 0. The maximum Gasteiger partial charge on any atom is 0.282 e. The largest absolute Gasteiger partial charge is 0.322 e. The van der Waals surface area contributed by atoms with Crippen LogP contribution in [0.2, 0.25) is 0 Å². The van der Waals surface area contributed by atoms with Gasteiger partial charge in [-0.1, -0.05) is 42.5 Å². The van der Waals surface area contributed by atoms with Gasteiger partial charge in [0.1, 0.15) is 5.56 Å². The van der Waals surface area contributed by atoms with Crippen molar-refractivity contribution in [2.45, 2.75) is 19.4 Å². The third-order valence-corrected chi connectivity index (χ3v) is 5.07. The number of rotatable bonds is 5. The first-order chi connectivity index (χ1) is 14.5. The van der Waals surface area contributed by atoms with Crippen LogP contribution >= 0.6 is 0 Å². The van der Waals surface area contributed by atoms with Gasteiger partial charge in [0.25, 0.3) is 11.6 Å². The minimum atomic E-state index is -0.575. The first-order valence-corrected chi connectivity index (χ1v) is 9.55. The fourth-order valence-corrected chi connectivity index (χ4v) is 3.60. The Labute approximate surface area is 173 Å². The van der Waals surface area contributed by atoms with Crippen LogP contribution < -0.4 is 10.2 Å². The second-order valence-electron chi connectivity index (χ2n) is 7.04. The van der Waals surface area contributed by atoms with Crippen molar-refractivity contribution >= 4 is 28.9 Å². The predicted molar refractivity (Wildman–Crippen MR) is 113 cm³/mol. The number of aryl methyl sites for hydroxylation is 1. The maximum atomic E-state index is 12.6. The molecule has 1 N–H and O–H groups in total. The SMILES string of the molecule is O=C(Nc1ccc2c(c1)CCC(=O)N2Cc1ccccc1)c1ccccc1[N+](=O)[O-]. The molecule has 1 heterocycles. The average molecular weight is 401 g/mol. The summed E-state index contributed by atoms with van der Waals surface area (Å²) in [4.78, 5) is 37.4. The molecule has 0 aromatic heterocycles. The molecular formula is C23H19N3O4. The van der Waals surface area contributed by atoms with Crippen LogP contribution in [0.1, 0.15) is 27.9 Å². The number of benzene rings is 3. The van der Waals surface area contributed by atoms with E-state index >= 15 is 0 Å². The van der Waals surface area contributed by atoms with Gasteiger partial charge >= 0.3 is 0 Å². The van der Waals surface area contributed by atoms with Gasteiger partial charge in [-0.3, -0.25) is 19.7 Å². The number of amides is 2. The maximum absolute atomic E-state index is 12.6. The third-order valence-electron chi connectivity index (χ3n) is 5.07. The minimum Gasteiger partial charge on any atom is -0.322 e. The van der Waals surface area contributed by atoms with Gasteiger partial charge in [-0.15, -0.1) is 0 Å². The van der Waals surface area contributed by atoms with Crippen molar-refractivity contribution in [2.75, 3.05) is 10.2 Å². The van der Waals surface area contributed by atoms with Crippen LogP contribution in [0.5, 0.6) is 0 Å². The topological polar surface area (TPSA) is 92.6 Å². The van der Waals surface area contributed by atoms with Crippen LogP contribution in [0.4, 0.5) is 17.1 Å². The lowest BCUT2D eigenvalue weighted by atomic mass is 9.99. The van der Waals surface area contributed by atoms with E-state index in [1.165, 1.54) is 18.2 Å². The van der Waals surface area contributed by atoms with Gasteiger partial charge in [-0.2, -0.15) is 0 Å². The summed E-state index contributed by atoms with van der Waals surface area (Å²) in [7, 11) is 0. The number of nitro benzene ring substituents is 1. The van der Waals surface area contributed by atoms with E-state index in [-0.39, 0.29) is 17.2 Å². The van der Waals surface area contributed by atoms with Gasteiger partial charge in [0.15, 0.2) is 0 Å². The lowest BCUT2D eigenvalue weighted by molar-refractivity contribution is -0.385. The van der Waals surface area contributed by atoms with Crippen LogP contribution in [-0.2, 0) is 17.8 Å². The highest BCUT2D eigenvalue weighted by atomic mass is 16.6. The van der Waals surface area contributed by atoms with Gasteiger partial charge in [0, 0.05) is 23.9 Å². The smallest absolute Gasteiger partial charge is 0.282 e. The van der Waals surface area contributed by atoms with Gasteiger partial charge in [-0.05, 0) is 41.8 Å². The molecule has 7 nitrogen and oxygen atoms in total. The van der Waals surface area contributed by atoms with Gasteiger partial charge in [-0.25, -0.2) is 0 Å². The van der Waals surface area contributed by atoms with E-state index in [9.17, 15) is 19.7 Å². The number of nitro groups is 1. The Kier molecular flexibility index (Phi) is 5.26. The second-order valence-corrected chi connectivity index (χ2v) is 7.04. The molecule has 0 radical (unpaired) electrons. The zero-order valence-electron chi connectivity index (χ0n) is 16.1. The van der Waals surface area contributed by atoms with E-state index in [1.807, 2.05) is 42.5 Å². The fourth-order valence-electron chi connectivity index (χ4n) is 3.60. The van der Waals surface area contributed by atoms with Crippen molar-refractivity contribution < 1.29 is 14.5 Å². The number of para-hydroxylation sites is 1. The number of nitrogens with one attached hydrogen (secondary N) is 1. The standard InChI is InChI=1S/C23H19N3O4/c27-22-13-10-17-14-18(24-23(28)19-8-4-5-9-21(19)26(29)30)11-12-20(17)25(22)15-16-6-2-1-3-7-16/h1-9,11-12,14H,10,13,15H2,(H,24,28). The molecule has 7 heteroatoms. The van der Waals surface area contributed by atoms with Crippen molar-refractivity contribution in [1.29, 1.82) is 0 Å². The average Bonchev–Trinajstić information content (AvgIpc) is 2.76. The Morgan fingerprint density at radius 1 is 1.00 bits per heavy atom. The zero-order chi connectivity index (χ0) is 21.1. The Morgan fingerprint density at radius 3 is 2.50 bits per heavy atom. The minimum absolute atomic E-state index is 0.00102. The summed E-state index contributed by atoms with van der Waals surface area (Å²) < 4.78 is 0. The van der Waals surface area contributed by atoms with E-state index in [0.29, 0.717) is 25.1 Å². The summed E-state index contributed by atoms with van der Waals surface area (Å²) in [5, 5.41) is 13.9. The molecule has 0 spiro atoms. The summed E-state index contributed by atoms with van der Waals surface area (Å²) in [5.41, 5.74) is 3.09. The highest BCUT2D eigenvalue weighted by Gasteiger charge is 2.25. The predicted octanol–water partition coefficient (Wildman–Crippen LogP) is 4.33. The van der Waals surface area contributed by atoms with Crippen molar-refractivity contribution in [3.05, 3.63) is 99.6 Å². The van der Waals surface area contributed by atoms with Crippen molar-refractivity contribution in [1.82, 2.24) is 0 Å². The van der Waals surface area contributed by atoms with Crippen LogP contribution in [0.25, 0.3) is 0 Å². The fraction of sp³-hybridized carbons (Fsp3) is 0.130. The van der Waals surface area contributed by atoms with E-state index in [1.54, 1.807) is 17.0 Å². The Balaban J connectivity index is 1.58. The summed E-state index contributed by atoms with van der Waals surface area (Å²) in [6.45, 7) is 0.481. The first-order valence-electron chi connectivity index (χ1n) is 9.55. The second kappa shape index (κ2) is 8.16. The normalized spacial score (nSPS) is 12.9. The molecule has 3 aromatic rings. The number of hydrogen-bond donors (Lipinski definition) is 1. The molecule has 4 rings (SSSR count). The van der Waals surface area contributed by atoms with Crippen LogP contribution in [-0.4, -0.2) is 16.7 Å². The van der Waals surface area contributed by atoms with Crippen molar-refractivity contribution in [3.63, 3.8) is 0 Å². The van der Waals surface area contributed by atoms with Gasteiger partial charge in [0.2, 0.25) is 5.91 Å². The first kappa shape index (κ1) is 19.3. The molecule has 0 fully saturated rings. The summed E-state index contributed by atoms with van der Waals surface area (Å²) in [6, 6.07) is 20.9. The number of hydrogen-bond acceptors (Lipinski definition) is 4. The molecule has 0 aliphatic carbocycles. The van der Waals surface area contributed by atoms with Gasteiger partial charge < -0.3 is 10.2 Å². The molecule has 0 saturated heterocycles. The molecule has 0 atom stereocenters. The highest BCUT2D eigenvalue weighted by molar-refractivity contribution is 6.07. The quantitative estimate of drug-likeness (QED) is 0.509. The highest BCUT2D eigenvalue weighted by Crippen LogP contribution is 2.32. The van der Waals surface area contributed by atoms with Crippen molar-refractivity contribution in [2.24, 2.45) is 0 Å². The lowest BCUT2D eigenvalue weighted by Gasteiger charge is -2.30. The Morgan fingerprint density at radius 2 is 1.73 bits per heavy atom. The molecule has 0 saturated carbocycles. The van der Waals surface area contributed by atoms with Crippen LogP contribution in [0, 0.1) is 10.1 Å². The molecule has 1 aliphatic rings. The molecule has 150 valence electrons. The van der Waals surface area contributed by atoms with Crippen molar-refractivity contribution in [3.8, 4) is 0 Å². The van der Waals surface area contributed by atoms with E-state index in [2.05, 4.69) is 5.32 Å². The summed E-state index contributed by atoms with van der Waals surface area (Å²) in [6.07, 6.45) is 0.968. The van der Waals surface area contributed by atoms with E-state index in [0.717, 1.165) is 16.8 Å². The zero-order valence-corrected chi connectivity index (χ0v) is 16.1. The molecule has 1 aliphatic heterocycles. The van der Waals surface area contributed by atoms with E-state index in [4.69, 9.17) is 0 Å². The van der Waals surface area contributed by atoms with E-state index < -0.39 is 10.8 Å². The number of carbonyl (C=O) groups is 2. The Bertz CT molecular complexity index is 1130. The third kappa shape index (κ3) is 3.91. The van der Waals surface area contributed by atoms with Crippen LogP contribution in [0.15, 0.2) is 72.8 Å². The number of anilines is 2. The Hall–Kier alpha value is -4.00. The lowest BCUT2D eigenvalue weighted by Crippen LogP contribution is -2.34. The van der Waals surface area contributed by atoms with Crippen LogP contribution in [0.3, 0.4) is 0 Å². The molecule has 2 amide bonds.